The number of aromatic nitrogens is 2. The normalized spacial score (nSPS) is 10.8. The number of rotatable bonds is 1. The first kappa shape index (κ1) is 8.94. The maximum atomic E-state index is 13.3. The SMILES string of the molecule is C=C(C)c1nc2c(F)cccc2n1C. The maximum absolute atomic E-state index is 13.3. The smallest absolute Gasteiger partial charge is 0.151 e. The Balaban J connectivity index is 2.86. The summed E-state index contributed by atoms with van der Waals surface area (Å²) < 4.78 is 15.2. The van der Waals surface area contributed by atoms with Gasteiger partial charge in [-0.3, -0.25) is 0 Å². The lowest BCUT2D eigenvalue weighted by atomic mass is 10.3. The summed E-state index contributed by atoms with van der Waals surface area (Å²) in [6.07, 6.45) is 0. The molecule has 0 fully saturated rings. The zero-order valence-corrected chi connectivity index (χ0v) is 8.21. The molecule has 2 aromatic rings. The Morgan fingerprint density at radius 3 is 2.79 bits per heavy atom. The summed E-state index contributed by atoms with van der Waals surface area (Å²) in [6.45, 7) is 5.67. The van der Waals surface area contributed by atoms with Crippen molar-refractivity contribution in [3.8, 4) is 0 Å². The topological polar surface area (TPSA) is 17.8 Å². The quantitative estimate of drug-likeness (QED) is 0.676. The van der Waals surface area contributed by atoms with Gasteiger partial charge in [0.05, 0.1) is 5.52 Å². The van der Waals surface area contributed by atoms with Crippen LogP contribution in [0.1, 0.15) is 12.7 Å². The van der Waals surface area contributed by atoms with Gasteiger partial charge in [-0.2, -0.15) is 0 Å². The van der Waals surface area contributed by atoms with Crippen molar-refractivity contribution in [1.82, 2.24) is 9.55 Å². The average Bonchev–Trinajstić information content (AvgIpc) is 2.46. The third kappa shape index (κ3) is 1.13. The Kier molecular flexibility index (Phi) is 1.88. The maximum Gasteiger partial charge on any atom is 0.151 e. The second-order valence-corrected chi connectivity index (χ2v) is 3.38. The summed E-state index contributed by atoms with van der Waals surface area (Å²) in [5.74, 6) is 0.440. The summed E-state index contributed by atoms with van der Waals surface area (Å²) >= 11 is 0. The molecule has 0 aliphatic carbocycles. The zero-order valence-electron chi connectivity index (χ0n) is 8.21. The minimum atomic E-state index is -0.286. The summed E-state index contributed by atoms with van der Waals surface area (Å²) in [6, 6.07) is 4.94. The highest BCUT2D eigenvalue weighted by atomic mass is 19.1. The van der Waals surface area contributed by atoms with Gasteiger partial charge in [-0.1, -0.05) is 12.6 Å². The standard InChI is InChI=1S/C11H11FN2/c1-7(2)11-13-10-8(12)5-4-6-9(10)14(11)3/h4-6H,1H2,2-3H3. The molecule has 14 heavy (non-hydrogen) atoms. The van der Waals surface area contributed by atoms with E-state index in [9.17, 15) is 4.39 Å². The van der Waals surface area contributed by atoms with E-state index >= 15 is 0 Å². The molecule has 0 unspecified atom stereocenters. The van der Waals surface area contributed by atoms with Gasteiger partial charge in [0.1, 0.15) is 11.3 Å². The Labute approximate surface area is 81.7 Å². The van der Waals surface area contributed by atoms with Crippen molar-refractivity contribution in [1.29, 1.82) is 0 Å². The van der Waals surface area contributed by atoms with Gasteiger partial charge in [0.2, 0.25) is 0 Å². The first-order valence-electron chi connectivity index (χ1n) is 4.38. The highest BCUT2D eigenvalue weighted by Gasteiger charge is 2.10. The van der Waals surface area contributed by atoms with Gasteiger partial charge in [0.15, 0.2) is 5.82 Å². The number of hydrogen-bond acceptors (Lipinski definition) is 1. The van der Waals surface area contributed by atoms with Crippen molar-refractivity contribution in [2.75, 3.05) is 0 Å². The Morgan fingerprint density at radius 2 is 2.21 bits per heavy atom. The fraction of sp³-hybridized carbons (Fsp3) is 0.182. The van der Waals surface area contributed by atoms with E-state index in [0.29, 0.717) is 5.52 Å². The van der Waals surface area contributed by atoms with Crippen LogP contribution in [0.2, 0.25) is 0 Å². The predicted octanol–water partition coefficient (Wildman–Crippen LogP) is 2.75. The van der Waals surface area contributed by atoms with Gasteiger partial charge in [-0.05, 0) is 24.6 Å². The van der Waals surface area contributed by atoms with Crippen molar-refractivity contribution in [2.24, 2.45) is 7.05 Å². The minimum Gasteiger partial charge on any atom is -0.327 e. The van der Waals surface area contributed by atoms with Crippen molar-refractivity contribution < 1.29 is 4.39 Å². The van der Waals surface area contributed by atoms with E-state index in [-0.39, 0.29) is 5.82 Å². The van der Waals surface area contributed by atoms with Gasteiger partial charge in [-0.25, -0.2) is 9.37 Å². The number of halogens is 1. The molecule has 0 radical (unpaired) electrons. The molecule has 1 heterocycles. The average molecular weight is 190 g/mol. The third-order valence-corrected chi connectivity index (χ3v) is 2.24. The number of fused-ring (bicyclic) bond motifs is 1. The van der Waals surface area contributed by atoms with Gasteiger partial charge >= 0.3 is 0 Å². The summed E-state index contributed by atoms with van der Waals surface area (Å²) in [4.78, 5) is 4.20. The highest BCUT2D eigenvalue weighted by molar-refractivity contribution is 5.79. The molecule has 2 rings (SSSR count). The third-order valence-electron chi connectivity index (χ3n) is 2.24. The molecule has 0 atom stereocenters. The lowest BCUT2D eigenvalue weighted by molar-refractivity contribution is 0.637. The van der Waals surface area contributed by atoms with Crippen LogP contribution in [0.3, 0.4) is 0 Å². The van der Waals surface area contributed by atoms with Crippen LogP contribution in [0.15, 0.2) is 24.8 Å². The van der Waals surface area contributed by atoms with Gasteiger partial charge in [0, 0.05) is 7.05 Å². The largest absolute Gasteiger partial charge is 0.327 e. The number of benzene rings is 1. The molecule has 1 aromatic carbocycles. The van der Waals surface area contributed by atoms with Crippen molar-refractivity contribution >= 4 is 16.6 Å². The summed E-state index contributed by atoms with van der Waals surface area (Å²) in [5, 5.41) is 0. The van der Waals surface area contributed by atoms with Crippen LogP contribution < -0.4 is 0 Å². The van der Waals surface area contributed by atoms with Crippen LogP contribution in [-0.4, -0.2) is 9.55 Å². The lowest BCUT2D eigenvalue weighted by Gasteiger charge is -1.99. The molecule has 0 saturated heterocycles. The van der Waals surface area contributed by atoms with E-state index in [2.05, 4.69) is 11.6 Å². The number of imidazole rings is 1. The van der Waals surface area contributed by atoms with Crippen molar-refractivity contribution in [3.05, 3.63) is 36.4 Å². The molecule has 0 aliphatic rings. The van der Waals surface area contributed by atoms with Gasteiger partial charge < -0.3 is 4.57 Å². The summed E-state index contributed by atoms with van der Waals surface area (Å²) in [7, 11) is 1.86. The minimum absolute atomic E-state index is 0.286. The van der Waals surface area contributed by atoms with Crippen LogP contribution in [0, 0.1) is 5.82 Å². The molecule has 0 bridgehead atoms. The summed E-state index contributed by atoms with van der Waals surface area (Å²) in [5.41, 5.74) is 2.04. The Hall–Kier alpha value is -1.64. The van der Waals surface area contributed by atoms with E-state index < -0.39 is 0 Å². The highest BCUT2D eigenvalue weighted by Crippen LogP contribution is 2.20. The fourth-order valence-corrected chi connectivity index (χ4v) is 1.56. The fourth-order valence-electron chi connectivity index (χ4n) is 1.56. The van der Waals surface area contributed by atoms with E-state index in [1.807, 2.05) is 24.6 Å². The molecule has 3 heteroatoms. The molecule has 0 N–H and O–H groups in total. The van der Waals surface area contributed by atoms with Crippen LogP contribution in [0.25, 0.3) is 16.6 Å². The Morgan fingerprint density at radius 1 is 1.50 bits per heavy atom. The van der Waals surface area contributed by atoms with Crippen LogP contribution in [0.4, 0.5) is 4.39 Å². The lowest BCUT2D eigenvalue weighted by Crippen LogP contribution is -1.93. The number of allylic oxidation sites excluding steroid dienone is 1. The van der Waals surface area contributed by atoms with Crippen LogP contribution in [0.5, 0.6) is 0 Å². The van der Waals surface area contributed by atoms with Gasteiger partial charge in [-0.15, -0.1) is 0 Å². The van der Waals surface area contributed by atoms with E-state index in [4.69, 9.17) is 0 Å². The molecule has 2 nitrogen and oxygen atoms in total. The first-order valence-corrected chi connectivity index (χ1v) is 4.38. The molecule has 0 spiro atoms. The second kappa shape index (κ2) is 2.94. The number of hydrogen-bond donors (Lipinski definition) is 0. The van der Waals surface area contributed by atoms with Gasteiger partial charge in [0.25, 0.3) is 0 Å². The van der Waals surface area contributed by atoms with Crippen LogP contribution >= 0.6 is 0 Å². The molecule has 0 amide bonds. The molecule has 1 aromatic heterocycles. The van der Waals surface area contributed by atoms with E-state index in [1.54, 1.807) is 6.07 Å². The number of aryl methyl sites for hydroxylation is 1. The first-order chi connectivity index (χ1) is 6.61. The van der Waals surface area contributed by atoms with Crippen molar-refractivity contribution in [3.63, 3.8) is 0 Å². The molecular formula is C11H11FN2. The number of para-hydroxylation sites is 1. The zero-order chi connectivity index (χ0) is 10.3. The van der Waals surface area contributed by atoms with E-state index in [0.717, 1.165) is 16.9 Å². The molecule has 72 valence electrons. The monoisotopic (exact) mass is 190 g/mol. The molecule has 0 saturated carbocycles. The number of nitrogens with zero attached hydrogens (tertiary/aromatic N) is 2. The molecule has 0 aliphatic heterocycles. The second-order valence-electron chi connectivity index (χ2n) is 3.38. The Bertz CT molecular complexity index is 511. The van der Waals surface area contributed by atoms with E-state index in [1.165, 1.54) is 6.07 Å². The predicted molar refractivity (Wildman–Crippen MR) is 55.4 cm³/mol. The van der Waals surface area contributed by atoms with Crippen LogP contribution in [-0.2, 0) is 7.05 Å². The van der Waals surface area contributed by atoms with Crippen molar-refractivity contribution in [2.45, 2.75) is 6.92 Å². The molecular weight excluding hydrogens is 179 g/mol.